The molecule has 5 rings (SSSR count). The van der Waals surface area contributed by atoms with Crippen LogP contribution in [0.2, 0.25) is 5.02 Å². The first-order valence-corrected chi connectivity index (χ1v) is 11.0. The van der Waals surface area contributed by atoms with E-state index in [0.29, 0.717) is 17.1 Å². The Morgan fingerprint density at radius 3 is 2.22 bits per heavy atom. The summed E-state index contributed by atoms with van der Waals surface area (Å²) in [6.45, 7) is 3.86. The molecule has 0 bridgehead atoms. The first-order valence-electron chi connectivity index (χ1n) is 10.7. The number of ether oxygens (including phenoxy) is 1. The molecule has 0 saturated carbocycles. The number of aromatic nitrogens is 2. The van der Waals surface area contributed by atoms with E-state index in [2.05, 4.69) is 10.00 Å². The van der Waals surface area contributed by atoms with Gasteiger partial charge in [0.2, 0.25) is 0 Å². The second-order valence-corrected chi connectivity index (χ2v) is 8.29. The topological polar surface area (TPSA) is 30.3 Å². The molecule has 2 heterocycles. The van der Waals surface area contributed by atoms with Gasteiger partial charge in [-0.05, 0) is 47.5 Å². The molecule has 0 atom stereocenters. The zero-order valence-corrected chi connectivity index (χ0v) is 18.3. The van der Waals surface area contributed by atoms with E-state index < -0.39 is 0 Å². The van der Waals surface area contributed by atoms with E-state index >= 15 is 0 Å². The number of hydrogen-bond donors (Lipinski definition) is 0. The van der Waals surface area contributed by atoms with Gasteiger partial charge in [-0.2, -0.15) is 5.10 Å². The fraction of sp³-hybridized carbons (Fsp3) is 0.192. The SMILES string of the molecule is Fc1ccccc1-c1c(CN2CCOCC2)cnn1-c1ccc(-c2ccc(Cl)cc2)cc1. The summed E-state index contributed by atoms with van der Waals surface area (Å²) in [6, 6.07) is 22.8. The molecule has 4 nitrogen and oxygen atoms in total. The average Bonchev–Trinajstić information content (AvgIpc) is 3.24. The Morgan fingerprint density at radius 1 is 0.875 bits per heavy atom. The van der Waals surface area contributed by atoms with Gasteiger partial charge in [0.05, 0.1) is 30.8 Å². The third kappa shape index (κ3) is 4.32. The smallest absolute Gasteiger partial charge is 0.132 e. The molecule has 1 aliphatic heterocycles. The number of halogens is 2. The van der Waals surface area contributed by atoms with Gasteiger partial charge in [0.15, 0.2) is 0 Å². The molecule has 0 amide bonds. The van der Waals surface area contributed by atoms with E-state index in [-0.39, 0.29) is 5.82 Å². The van der Waals surface area contributed by atoms with Crippen LogP contribution in [0.1, 0.15) is 5.56 Å². The Hall–Kier alpha value is -2.99. The summed E-state index contributed by atoms with van der Waals surface area (Å²) in [6.07, 6.45) is 1.85. The summed E-state index contributed by atoms with van der Waals surface area (Å²) < 4.78 is 22.1. The van der Waals surface area contributed by atoms with Crippen LogP contribution in [0, 0.1) is 5.82 Å². The lowest BCUT2D eigenvalue weighted by Gasteiger charge is -2.26. The van der Waals surface area contributed by atoms with Crippen LogP contribution >= 0.6 is 11.6 Å². The molecule has 1 aliphatic rings. The molecule has 0 N–H and O–H groups in total. The Bertz CT molecular complexity index is 1200. The van der Waals surface area contributed by atoms with Crippen molar-refractivity contribution in [2.75, 3.05) is 26.3 Å². The minimum atomic E-state index is -0.254. The summed E-state index contributed by atoms with van der Waals surface area (Å²) in [5.74, 6) is -0.254. The van der Waals surface area contributed by atoms with E-state index in [4.69, 9.17) is 16.3 Å². The van der Waals surface area contributed by atoms with Gasteiger partial charge in [0.1, 0.15) is 5.82 Å². The Kier molecular flexibility index (Phi) is 6.04. The number of rotatable bonds is 5. The molecule has 0 aliphatic carbocycles. The molecule has 6 heteroatoms. The zero-order chi connectivity index (χ0) is 21.9. The van der Waals surface area contributed by atoms with Crippen molar-refractivity contribution in [3.8, 4) is 28.1 Å². The van der Waals surface area contributed by atoms with Gasteiger partial charge in [-0.1, -0.05) is 48.0 Å². The second-order valence-electron chi connectivity index (χ2n) is 7.85. The fourth-order valence-electron chi connectivity index (χ4n) is 4.07. The minimum Gasteiger partial charge on any atom is -0.379 e. The highest BCUT2D eigenvalue weighted by atomic mass is 35.5. The van der Waals surface area contributed by atoms with E-state index in [1.807, 2.05) is 71.5 Å². The van der Waals surface area contributed by atoms with Gasteiger partial charge < -0.3 is 4.74 Å². The van der Waals surface area contributed by atoms with Crippen molar-refractivity contribution in [2.45, 2.75) is 6.54 Å². The molecule has 0 radical (unpaired) electrons. The Balaban J connectivity index is 1.53. The largest absolute Gasteiger partial charge is 0.379 e. The van der Waals surface area contributed by atoms with Crippen molar-refractivity contribution in [3.05, 3.63) is 95.4 Å². The summed E-state index contributed by atoms with van der Waals surface area (Å²) in [5.41, 5.74) is 5.39. The van der Waals surface area contributed by atoms with Crippen LogP contribution in [0.3, 0.4) is 0 Å². The van der Waals surface area contributed by atoms with Crippen molar-refractivity contribution in [2.24, 2.45) is 0 Å². The van der Waals surface area contributed by atoms with Crippen LogP contribution in [0.4, 0.5) is 4.39 Å². The number of nitrogens with zero attached hydrogens (tertiary/aromatic N) is 3. The monoisotopic (exact) mass is 447 g/mol. The van der Waals surface area contributed by atoms with Gasteiger partial charge in [0, 0.05) is 35.8 Å². The van der Waals surface area contributed by atoms with E-state index in [1.165, 1.54) is 6.07 Å². The number of hydrogen-bond acceptors (Lipinski definition) is 3. The van der Waals surface area contributed by atoms with Crippen molar-refractivity contribution < 1.29 is 9.13 Å². The van der Waals surface area contributed by atoms with Crippen molar-refractivity contribution in [3.63, 3.8) is 0 Å². The third-order valence-electron chi connectivity index (χ3n) is 5.76. The zero-order valence-electron chi connectivity index (χ0n) is 17.5. The summed E-state index contributed by atoms with van der Waals surface area (Å²) in [7, 11) is 0. The van der Waals surface area contributed by atoms with Gasteiger partial charge in [0.25, 0.3) is 0 Å². The fourth-order valence-corrected chi connectivity index (χ4v) is 4.20. The predicted octanol–water partition coefficient (Wildman–Crippen LogP) is 5.83. The molecule has 162 valence electrons. The number of benzene rings is 3. The molecule has 3 aromatic carbocycles. The molecular weight excluding hydrogens is 425 g/mol. The molecule has 0 spiro atoms. The van der Waals surface area contributed by atoms with Gasteiger partial charge in [-0.25, -0.2) is 9.07 Å². The molecule has 4 aromatic rings. The van der Waals surface area contributed by atoms with Crippen molar-refractivity contribution in [1.82, 2.24) is 14.7 Å². The molecular formula is C26H23ClFN3O. The first-order chi connectivity index (χ1) is 15.7. The van der Waals surface area contributed by atoms with Crippen LogP contribution in [0.25, 0.3) is 28.1 Å². The van der Waals surface area contributed by atoms with Crippen LogP contribution in [0.5, 0.6) is 0 Å². The summed E-state index contributed by atoms with van der Waals surface area (Å²) in [5, 5.41) is 5.37. The van der Waals surface area contributed by atoms with Gasteiger partial charge in [-0.3, -0.25) is 4.90 Å². The Labute approximate surface area is 191 Å². The molecule has 0 unspecified atom stereocenters. The van der Waals surface area contributed by atoms with Gasteiger partial charge in [-0.15, -0.1) is 0 Å². The normalized spacial score (nSPS) is 14.6. The third-order valence-corrected chi connectivity index (χ3v) is 6.01. The average molecular weight is 448 g/mol. The van der Waals surface area contributed by atoms with Crippen LogP contribution in [-0.4, -0.2) is 41.0 Å². The quantitative estimate of drug-likeness (QED) is 0.385. The standard InChI is InChI=1S/C26H23ClFN3O/c27-22-9-5-19(6-10-22)20-7-11-23(12-8-20)31-26(24-3-1-2-4-25(24)28)21(17-29-31)18-30-13-15-32-16-14-30/h1-12,17H,13-16,18H2. The predicted molar refractivity (Wildman–Crippen MR) is 126 cm³/mol. The van der Waals surface area contributed by atoms with Crippen LogP contribution < -0.4 is 0 Å². The Morgan fingerprint density at radius 2 is 1.53 bits per heavy atom. The first kappa shape index (κ1) is 20.9. The molecule has 1 aromatic heterocycles. The molecule has 32 heavy (non-hydrogen) atoms. The summed E-state index contributed by atoms with van der Waals surface area (Å²) >= 11 is 6.01. The highest BCUT2D eigenvalue weighted by Gasteiger charge is 2.20. The lowest BCUT2D eigenvalue weighted by molar-refractivity contribution is 0.0342. The van der Waals surface area contributed by atoms with Crippen molar-refractivity contribution in [1.29, 1.82) is 0 Å². The molecule has 1 saturated heterocycles. The van der Waals surface area contributed by atoms with E-state index in [0.717, 1.165) is 54.4 Å². The van der Waals surface area contributed by atoms with Crippen LogP contribution in [0.15, 0.2) is 79.0 Å². The maximum Gasteiger partial charge on any atom is 0.132 e. The van der Waals surface area contributed by atoms with E-state index in [1.54, 1.807) is 6.07 Å². The van der Waals surface area contributed by atoms with E-state index in [9.17, 15) is 4.39 Å². The highest BCUT2D eigenvalue weighted by molar-refractivity contribution is 6.30. The highest BCUT2D eigenvalue weighted by Crippen LogP contribution is 2.31. The van der Waals surface area contributed by atoms with Crippen LogP contribution in [-0.2, 0) is 11.3 Å². The maximum absolute atomic E-state index is 14.8. The van der Waals surface area contributed by atoms with Crippen molar-refractivity contribution >= 4 is 11.6 Å². The molecule has 1 fully saturated rings. The minimum absolute atomic E-state index is 0.254. The lowest BCUT2D eigenvalue weighted by Crippen LogP contribution is -2.35. The second kappa shape index (κ2) is 9.25. The lowest BCUT2D eigenvalue weighted by atomic mass is 10.0. The van der Waals surface area contributed by atoms with Gasteiger partial charge >= 0.3 is 0 Å². The maximum atomic E-state index is 14.8. The number of morpholine rings is 1. The summed E-state index contributed by atoms with van der Waals surface area (Å²) in [4.78, 5) is 2.32.